The van der Waals surface area contributed by atoms with Gasteiger partial charge in [-0.3, -0.25) is 4.90 Å². The van der Waals surface area contributed by atoms with Crippen molar-refractivity contribution in [2.24, 2.45) is 5.41 Å². The van der Waals surface area contributed by atoms with Crippen molar-refractivity contribution in [3.05, 3.63) is 35.5 Å². The second kappa shape index (κ2) is 5.56. The van der Waals surface area contributed by atoms with Crippen molar-refractivity contribution >= 4 is 16.9 Å². The number of nitrogens with zero attached hydrogens (tertiary/aromatic N) is 2. The number of hydrogen-bond donors (Lipinski definition) is 2. The van der Waals surface area contributed by atoms with Gasteiger partial charge in [0.1, 0.15) is 0 Å². The lowest BCUT2D eigenvalue weighted by atomic mass is 9.61. The van der Waals surface area contributed by atoms with Gasteiger partial charge in [-0.2, -0.15) is 0 Å². The smallest absolute Gasteiger partial charge is 0.359 e. The number of para-hydroxylation sites is 1. The summed E-state index contributed by atoms with van der Waals surface area (Å²) in [6.45, 7) is 3.63. The van der Waals surface area contributed by atoms with Crippen LogP contribution in [-0.2, 0) is 21.7 Å². The highest BCUT2D eigenvalue weighted by Gasteiger charge is 2.61. The standard InChI is InChI=1S/C21H26N2O4/c1-3-20-10-13(24)11-22-9-8-15-14-6-4-5-7-16(14)23(17(15)18(20)22)21(26,12-20)19(25)27-2/h4-7,13,18,24,26H,3,8-12H2,1-2H3/t13-,18-,20-,21+/m0/s1. The maximum absolute atomic E-state index is 12.8. The zero-order valence-corrected chi connectivity index (χ0v) is 15.8. The van der Waals surface area contributed by atoms with Crippen LogP contribution in [0.2, 0.25) is 0 Å². The molecule has 6 heteroatoms. The molecule has 4 heterocycles. The number of rotatable bonds is 2. The molecule has 0 radical (unpaired) electrons. The van der Waals surface area contributed by atoms with Crippen molar-refractivity contribution in [1.29, 1.82) is 0 Å². The minimum Gasteiger partial charge on any atom is -0.465 e. The highest BCUT2D eigenvalue weighted by atomic mass is 16.5. The Morgan fingerprint density at radius 3 is 2.89 bits per heavy atom. The van der Waals surface area contributed by atoms with Crippen molar-refractivity contribution in [2.45, 2.75) is 50.5 Å². The molecule has 0 amide bonds. The van der Waals surface area contributed by atoms with Gasteiger partial charge in [-0.25, -0.2) is 4.79 Å². The molecule has 0 unspecified atom stereocenters. The first-order chi connectivity index (χ1) is 12.9. The molecule has 1 saturated heterocycles. The van der Waals surface area contributed by atoms with Crippen LogP contribution in [0, 0.1) is 5.41 Å². The van der Waals surface area contributed by atoms with E-state index in [1.54, 1.807) is 0 Å². The third-order valence-corrected chi connectivity index (χ3v) is 7.15. The average molecular weight is 370 g/mol. The van der Waals surface area contributed by atoms with Crippen LogP contribution in [0.5, 0.6) is 0 Å². The summed E-state index contributed by atoms with van der Waals surface area (Å²) in [4.78, 5) is 15.2. The van der Waals surface area contributed by atoms with E-state index in [4.69, 9.17) is 4.74 Å². The minimum atomic E-state index is -1.76. The fourth-order valence-electron chi connectivity index (χ4n) is 6.15. The number of aliphatic hydroxyl groups excluding tert-OH is 1. The minimum absolute atomic E-state index is 0.104. The van der Waals surface area contributed by atoms with E-state index in [0.717, 1.165) is 36.0 Å². The molecule has 1 aromatic heterocycles. The third-order valence-electron chi connectivity index (χ3n) is 7.15. The molecule has 2 aromatic rings. The Morgan fingerprint density at radius 2 is 2.15 bits per heavy atom. The van der Waals surface area contributed by atoms with E-state index < -0.39 is 17.8 Å². The number of carbonyl (C=O) groups excluding carboxylic acids is 1. The highest BCUT2D eigenvalue weighted by Crippen LogP contribution is 2.60. The SMILES string of the molecule is CC[C@]12C[C@H](O)CN3CCc4c(n(c5ccccc45)[C@](O)(C(=O)OC)C1)[C@H]32. The Labute approximate surface area is 158 Å². The quantitative estimate of drug-likeness (QED) is 0.790. The fraction of sp³-hybridized carbons (Fsp3) is 0.571. The summed E-state index contributed by atoms with van der Waals surface area (Å²) in [5, 5.41) is 23.4. The molecular formula is C21H26N2O4. The molecule has 27 heavy (non-hydrogen) atoms. The lowest BCUT2D eigenvalue weighted by Gasteiger charge is -2.58. The summed E-state index contributed by atoms with van der Waals surface area (Å²) in [6.07, 6.45) is 2.03. The van der Waals surface area contributed by atoms with E-state index >= 15 is 0 Å². The number of carbonyl (C=O) groups is 1. The van der Waals surface area contributed by atoms with E-state index in [1.165, 1.54) is 12.7 Å². The molecule has 3 aliphatic rings. The van der Waals surface area contributed by atoms with Crippen LogP contribution in [0.25, 0.3) is 10.9 Å². The topological polar surface area (TPSA) is 74.9 Å². The van der Waals surface area contributed by atoms with Crippen LogP contribution in [0.3, 0.4) is 0 Å². The van der Waals surface area contributed by atoms with Gasteiger partial charge in [0.05, 0.1) is 24.8 Å². The lowest BCUT2D eigenvalue weighted by Crippen LogP contribution is -2.62. The number of methoxy groups -OCH3 is 1. The predicted molar refractivity (Wildman–Crippen MR) is 100 cm³/mol. The number of benzene rings is 1. The number of ether oxygens (including phenoxy) is 1. The summed E-state index contributed by atoms with van der Waals surface area (Å²) in [5.41, 5.74) is 1.03. The number of aromatic nitrogens is 1. The summed E-state index contributed by atoms with van der Waals surface area (Å²) in [5.74, 6) is -0.630. The van der Waals surface area contributed by atoms with E-state index in [9.17, 15) is 15.0 Å². The zero-order valence-electron chi connectivity index (χ0n) is 15.8. The van der Waals surface area contributed by atoms with Crippen LogP contribution in [0.1, 0.15) is 43.5 Å². The van der Waals surface area contributed by atoms with Crippen LogP contribution in [0.4, 0.5) is 0 Å². The van der Waals surface area contributed by atoms with Gasteiger partial charge in [0.25, 0.3) is 0 Å². The monoisotopic (exact) mass is 370 g/mol. The Hall–Kier alpha value is -1.89. The second-order valence-corrected chi connectivity index (χ2v) is 8.42. The molecule has 0 saturated carbocycles. The molecule has 0 aliphatic carbocycles. The summed E-state index contributed by atoms with van der Waals surface area (Å²) in [6, 6.07) is 8.11. The molecule has 1 aromatic carbocycles. The van der Waals surface area contributed by atoms with Crippen LogP contribution < -0.4 is 0 Å². The van der Waals surface area contributed by atoms with Gasteiger partial charge in [0, 0.05) is 30.6 Å². The Balaban J connectivity index is 1.88. The van der Waals surface area contributed by atoms with Crippen LogP contribution >= 0.6 is 0 Å². The number of fused-ring (bicyclic) bond motifs is 3. The van der Waals surface area contributed by atoms with Gasteiger partial charge < -0.3 is 19.5 Å². The lowest BCUT2D eigenvalue weighted by molar-refractivity contribution is -0.199. The number of esters is 1. The molecular weight excluding hydrogens is 344 g/mol. The number of piperidine rings is 1. The Kier molecular flexibility index (Phi) is 3.55. The fourth-order valence-corrected chi connectivity index (χ4v) is 6.15. The van der Waals surface area contributed by atoms with Gasteiger partial charge in [0.2, 0.25) is 5.72 Å². The van der Waals surface area contributed by atoms with Crippen LogP contribution in [0.15, 0.2) is 24.3 Å². The molecule has 4 atom stereocenters. The molecule has 3 aliphatic heterocycles. The van der Waals surface area contributed by atoms with E-state index in [-0.39, 0.29) is 17.9 Å². The maximum atomic E-state index is 12.8. The molecule has 0 bridgehead atoms. The second-order valence-electron chi connectivity index (χ2n) is 8.42. The van der Waals surface area contributed by atoms with Gasteiger partial charge in [-0.1, -0.05) is 25.1 Å². The third kappa shape index (κ3) is 2.03. The van der Waals surface area contributed by atoms with Crippen LogP contribution in [-0.4, -0.2) is 52.0 Å². The first-order valence-electron chi connectivity index (χ1n) is 9.81. The number of hydrogen-bond acceptors (Lipinski definition) is 5. The molecule has 144 valence electrons. The van der Waals surface area contributed by atoms with Gasteiger partial charge >= 0.3 is 5.97 Å². The summed E-state index contributed by atoms with van der Waals surface area (Å²) in [7, 11) is 1.32. The van der Waals surface area contributed by atoms with Gasteiger partial charge in [-0.15, -0.1) is 0 Å². The Bertz CT molecular complexity index is 938. The molecule has 0 spiro atoms. The summed E-state index contributed by atoms with van der Waals surface area (Å²) >= 11 is 0. The van der Waals surface area contributed by atoms with Crippen molar-refractivity contribution in [1.82, 2.24) is 9.47 Å². The first-order valence-corrected chi connectivity index (χ1v) is 9.81. The first kappa shape index (κ1) is 17.2. The van der Waals surface area contributed by atoms with Crippen molar-refractivity contribution in [3.63, 3.8) is 0 Å². The van der Waals surface area contributed by atoms with E-state index in [0.29, 0.717) is 13.0 Å². The molecule has 1 fully saturated rings. The molecule has 6 nitrogen and oxygen atoms in total. The van der Waals surface area contributed by atoms with Crippen molar-refractivity contribution < 1.29 is 19.7 Å². The van der Waals surface area contributed by atoms with Gasteiger partial charge in [0.15, 0.2) is 0 Å². The van der Waals surface area contributed by atoms with Gasteiger partial charge in [-0.05, 0) is 36.3 Å². The average Bonchev–Trinajstić information content (AvgIpc) is 3.01. The maximum Gasteiger partial charge on any atom is 0.359 e. The largest absolute Gasteiger partial charge is 0.465 e. The zero-order chi connectivity index (χ0) is 19.0. The Morgan fingerprint density at radius 1 is 1.37 bits per heavy atom. The van der Waals surface area contributed by atoms with E-state index in [2.05, 4.69) is 17.9 Å². The highest BCUT2D eigenvalue weighted by molar-refractivity contribution is 5.90. The summed E-state index contributed by atoms with van der Waals surface area (Å²) < 4.78 is 6.90. The number of aliphatic hydroxyl groups is 2. The van der Waals surface area contributed by atoms with Crippen molar-refractivity contribution in [3.8, 4) is 0 Å². The van der Waals surface area contributed by atoms with Crippen molar-refractivity contribution in [2.75, 3.05) is 20.2 Å². The molecule has 2 N–H and O–H groups in total. The molecule has 5 rings (SSSR count). The predicted octanol–water partition coefficient (Wildman–Crippen LogP) is 1.92. The normalized spacial score (nSPS) is 35.1. The van der Waals surface area contributed by atoms with E-state index in [1.807, 2.05) is 22.8 Å².